The molecule has 8 heteroatoms. The van der Waals surface area contributed by atoms with Crippen LogP contribution in [0.4, 0.5) is 5.82 Å². The first-order valence-corrected chi connectivity index (χ1v) is 12.7. The molecule has 6 nitrogen and oxygen atoms in total. The van der Waals surface area contributed by atoms with Gasteiger partial charge in [0.25, 0.3) is 10.0 Å². The predicted molar refractivity (Wildman–Crippen MR) is 118 cm³/mol. The van der Waals surface area contributed by atoms with Gasteiger partial charge in [-0.15, -0.1) is 0 Å². The van der Waals surface area contributed by atoms with Crippen molar-refractivity contribution in [1.29, 1.82) is 0 Å². The normalized spacial score (nSPS) is 24.2. The molecule has 1 atom stereocenters. The third-order valence-corrected chi connectivity index (χ3v) is 9.01. The van der Waals surface area contributed by atoms with Gasteiger partial charge in [-0.3, -0.25) is 0 Å². The summed E-state index contributed by atoms with van der Waals surface area (Å²) in [7, 11) is -3.61. The smallest absolute Gasteiger partial charge is 0.265 e. The Morgan fingerprint density at radius 2 is 1.79 bits per heavy atom. The first kappa shape index (κ1) is 19.7. The topological polar surface area (TPSA) is 68.7 Å². The van der Waals surface area contributed by atoms with E-state index in [1.807, 2.05) is 12.3 Å². The lowest BCUT2D eigenvalue weighted by Gasteiger charge is -2.35. The lowest BCUT2D eigenvalue weighted by atomic mass is 9.81. The van der Waals surface area contributed by atoms with Crippen LogP contribution < -0.4 is 4.31 Å². The predicted octanol–water partition coefficient (Wildman–Crippen LogP) is 4.17. The molecule has 1 spiro atoms. The average molecular weight is 526 g/mol. The third-order valence-electron chi connectivity index (χ3n) is 6.18. The number of pyridine rings is 1. The molecule has 1 aromatic heterocycles. The van der Waals surface area contributed by atoms with E-state index in [2.05, 4.69) is 33.6 Å². The molecule has 0 bridgehead atoms. The number of alkyl halides is 1. The quantitative estimate of drug-likeness (QED) is 0.444. The summed E-state index contributed by atoms with van der Waals surface area (Å²) in [5, 5.41) is 0. The first-order valence-electron chi connectivity index (χ1n) is 9.98. The summed E-state index contributed by atoms with van der Waals surface area (Å²) in [4.78, 5) is 4.93. The molecule has 29 heavy (non-hydrogen) atoms. The second-order valence-electron chi connectivity index (χ2n) is 7.88. The number of ether oxygens (including phenoxy) is 2. The van der Waals surface area contributed by atoms with Gasteiger partial charge in [-0.1, -0.05) is 40.8 Å². The highest BCUT2D eigenvalue weighted by atomic mass is 127. The lowest BCUT2D eigenvalue weighted by molar-refractivity contribution is -0.178. The molecule has 1 saturated carbocycles. The van der Waals surface area contributed by atoms with Crippen molar-refractivity contribution < 1.29 is 17.9 Å². The minimum atomic E-state index is -3.61. The second kappa shape index (κ2) is 7.47. The van der Waals surface area contributed by atoms with E-state index in [9.17, 15) is 8.42 Å². The maximum absolute atomic E-state index is 13.1. The van der Waals surface area contributed by atoms with Gasteiger partial charge < -0.3 is 9.47 Å². The van der Waals surface area contributed by atoms with Crippen molar-refractivity contribution in [1.82, 2.24) is 4.98 Å². The number of rotatable bonds is 3. The molecule has 1 aliphatic carbocycles. The van der Waals surface area contributed by atoms with Gasteiger partial charge in [-0.2, -0.15) is 0 Å². The number of nitrogens with zero attached hydrogens (tertiary/aromatic N) is 2. The van der Waals surface area contributed by atoms with Gasteiger partial charge in [0.2, 0.25) is 0 Å². The highest BCUT2D eigenvalue weighted by Crippen LogP contribution is 2.46. The monoisotopic (exact) mass is 526 g/mol. The average Bonchev–Trinajstić information content (AvgIpc) is 3.34. The van der Waals surface area contributed by atoms with Gasteiger partial charge in [0.15, 0.2) is 5.79 Å². The van der Waals surface area contributed by atoms with Crippen molar-refractivity contribution in [2.24, 2.45) is 0 Å². The minimum Gasteiger partial charge on any atom is -0.348 e. The molecule has 154 valence electrons. The van der Waals surface area contributed by atoms with Crippen LogP contribution in [0, 0.1) is 0 Å². The van der Waals surface area contributed by atoms with E-state index in [0.717, 1.165) is 31.2 Å². The van der Waals surface area contributed by atoms with E-state index in [1.54, 1.807) is 24.3 Å². The van der Waals surface area contributed by atoms with E-state index >= 15 is 0 Å². The number of aromatic nitrogens is 1. The van der Waals surface area contributed by atoms with Crippen molar-refractivity contribution in [3.63, 3.8) is 0 Å². The molecule has 5 rings (SSSR count). The maximum atomic E-state index is 13.1. The fourth-order valence-electron chi connectivity index (χ4n) is 4.59. The summed E-state index contributed by atoms with van der Waals surface area (Å²) < 4.78 is 39.5. The zero-order chi connectivity index (χ0) is 20.1. The van der Waals surface area contributed by atoms with Crippen LogP contribution in [0.2, 0.25) is 0 Å². The number of benzene rings is 1. The molecule has 2 aliphatic heterocycles. The van der Waals surface area contributed by atoms with Crippen molar-refractivity contribution in [2.45, 2.75) is 46.2 Å². The molecular formula is C21H23IN2O4S. The molecular weight excluding hydrogens is 503 g/mol. The number of halogens is 1. The molecule has 1 unspecified atom stereocenters. The molecule has 1 aromatic carbocycles. The van der Waals surface area contributed by atoms with Crippen molar-refractivity contribution in [3.05, 3.63) is 53.7 Å². The van der Waals surface area contributed by atoms with Crippen LogP contribution >= 0.6 is 22.6 Å². The molecule has 0 N–H and O–H groups in total. The number of sulfonamides is 1. The van der Waals surface area contributed by atoms with Gasteiger partial charge in [-0.05, 0) is 42.5 Å². The Bertz CT molecular complexity index is 999. The summed E-state index contributed by atoms with van der Waals surface area (Å²) in [5.74, 6) is 0.605. The Morgan fingerprint density at radius 1 is 1.10 bits per heavy atom. The standard InChI is InChI=1S/C21H23IN2O4S/c22-19-14-24(29(25,26)17-4-2-1-3-5-17)20-18(19)12-16(13-23-20)15-6-8-21(9-7-15)27-10-11-28-21/h1-5,12-13,15,19H,6-11,14H2. The molecule has 1 saturated heterocycles. The summed E-state index contributed by atoms with van der Waals surface area (Å²) >= 11 is 2.33. The highest BCUT2D eigenvalue weighted by molar-refractivity contribution is 14.1. The minimum absolute atomic E-state index is 0.0879. The SMILES string of the molecule is O=S(=O)(c1ccccc1)N1CC(I)c2cc(C3CCC4(CC3)OCCO4)cnc21. The lowest BCUT2D eigenvalue weighted by Crippen LogP contribution is -2.34. The van der Waals surface area contributed by atoms with Crippen LogP contribution in [-0.4, -0.2) is 38.9 Å². The van der Waals surface area contributed by atoms with E-state index in [0.29, 0.717) is 36.4 Å². The van der Waals surface area contributed by atoms with Crippen LogP contribution in [0.25, 0.3) is 0 Å². The van der Waals surface area contributed by atoms with Crippen LogP contribution in [0.3, 0.4) is 0 Å². The summed E-state index contributed by atoms with van der Waals surface area (Å²) in [6.07, 6.45) is 5.66. The number of fused-ring (bicyclic) bond motifs is 1. The summed E-state index contributed by atoms with van der Waals surface area (Å²) in [6, 6.07) is 10.7. The molecule has 0 amide bonds. The highest BCUT2D eigenvalue weighted by Gasteiger charge is 2.41. The Hall–Kier alpha value is -1.23. The molecule has 3 aliphatic rings. The van der Waals surface area contributed by atoms with Gasteiger partial charge >= 0.3 is 0 Å². The fraction of sp³-hybridized carbons (Fsp3) is 0.476. The Morgan fingerprint density at radius 3 is 2.48 bits per heavy atom. The first-order chi connectivity index (χ1) is 14.0. The van der Waals surface area contributed by atoms with Gasteiger partial charge in [0, 0.05) is 24.6 Å². The number of hydrogen-bond donors (Lipinski definition) is 0. The van der Waals surface area contributed by atoms with Crippen LogP contribution in [0.5, 0.6) is 0 Å². The Labute approximate surface area is 184 Å². The Balaban J connectivity index is 1.40. The zero-order valence-electron chi connectivity index (χ0n) is 16.0. The molecule has 3 heterocycles. The van der Waals surface area contributed by atoms with Crippen LogP contribution in [0.1, 0.15) is 46.7 Å². The van der Waals surface area contributed by atoms with Crippen molar-refractivity contribution in [3.8, 4) is 0 Å². The maximum Gasteiger partial charge on any atom is 0.265 e. The zero-order valence-corrected chi connectivity index (χ0v) is 18.9. The van der Waals surface area contributed by atoms with Gasteiger partial charge in [0.1, 0.15) is 5.82 Å². The van der Waals surface area contributed by atoms with Crippen molar-refractivity contribution in [2.75, 3.05) is 24.1 Å². The third kappa shape index (κ3) is 3.47. The van der Waals surface area contributed by atoms with Gasteiger partial charge in [-0.25, -0.2) is 17.7 Å². The number of anilines is 1. The van der Waals surface area contributed by atoms with E-state index in [-0.39, 0.29) is 9.71 Å². The molecule has 2 fully saturated rings. The molecule has 0 radical (unpaired) electrons. The van der Waals surface area contributed by atoms with E-state index < -0.39 is 10.0 Å². The molecule has 2 aromatic rings. The summed E-state index contributed by atoms with van der Waals surface area (Å²) in [6.45, 7) is 1.79. The van der Waals surface area contributed by atoms with Crippen LogP contribution in [0.15, 0.2) is 47.5 Å². The Kier molecular flexibility index (Phi) is 5.08. The number of hydrogen-bond acceptors (Lipinski definition) is 5. The fourth-order valence-corrected chi connectivity index (χ4v) is 7.19. The van der Waals surface area contributed by atoms with Crippen molar-refractivity contribution >= 4 is 38.4 Å². The second-order valence-corrected chi connectivity index (χ2v) is 11.2. The van der Waals surface area contributed by atoms with E-state index in [4.69, 9.17) is 9.47 Å². The van der Waals surface area contributed by atoms with E-state index in [1.165, 1.54) is 9.87 Å². The van der Waals surface area contributed by atoms with Gasteiger partial charge in [0.05, 0.1) is 28.6 Å². The van der Waals surface area contributed by atoms with Crippen LogP contribution in [-0.2, 0) is 19.5 Å². The summed E-state index contributed by atoms with van der Waals surface area (Å²) in [5.41, 5.74) is 2.20. The largest absolute Gasteiger partial charge is 0.348 e.